The first-order valence-electron chi connectivity index (χ1n) is 6.81. The standard InChI is InChI=1S/C14H23N3O3/c1-6-20-14(19)9-16(10(2)3)13(18)8-17-12(5)7-11(4)15-17/h7,10H,6,8-9H2,1-5H3. The lowest BCUT2D eigenvalue weighted by Crippen LogP contribution is -2.43. The highest BCUT2D eigenvalue weighted by Crippen LogP contribution is 2.06. The Kier molecular flexibility index (Phi) is 5.73. The van der Waals surface area contributed by atoms with E-state index in [1.807, 2.05) is 33.8 Å². The number of esters is 1. The molecule has 0 aliphatic carbocycles. The molecule has 112 valence electrons. The van der Waals surface area contributed by atoms with Crippen molar-refractivity contribution in [2.24, 2.45) is 0 Å². The molecule has 0 fully saturated rings. The number of aromatic nitrogens is 2. The second kappa shape index (κ2) is 7.07. The van der Waals surface area contributed by atoms with E-state index in [9.17, 15) is 9.59 Å². The second-order valence-corrected chi connectivity index (χ2v) is 5.01. The third-order valence-corrected chi connectivity index (χ3v) is 2.94. The number of carbonyl (C=O) groups excluding carboxylic acids is 2. The summed E-state index contributed by atoms with van der Waals surface area (Å²) in [5.41, 5.74) is 1.80. The maximum absolute atomic E-state index is 12.3. The molecule has 0 spiro atoms. The fourth-order valence-electron chi connectivity index (χ4n) is 1.96. The van der Waals surface area contributed by atoms with Crippen LogP contribution >= 0.6 is 0 Å². The molecule has 0 saturated carbocycles. The molecule has 0 aromatic carbocycles. The van der Waals surface area contributed by atoms with E-state index in [0.29, 0.717) is 6.61 Å². The van der Waals surface area contributed by atoms with Crippen LogP contribution in [0.3, 0.4) is 0 Å². The average Bonchev–Trinajstić information content (AvgIpc) is 2.64. The van der Waals surface area contributed by atoms with Crippen molar-refractivity contribution in [3.63, 3.8) is 0 Å². The molecule has 1 heterocycles. The van der Waals surface area contributed by atoms with Crippen molar-refractivity contribution in [3.8, 4) is 0 Å². The van der Waals surface area contributed by atoms with E-state index in [1.54, 1.807) is 11.6 Å². The Morgan fingerprint density at radius 2 is 2.05 bits per heavy atom. The monoisotopic (exact) mass is 281 g/mol. The van der Waals surface area contributed by atoms with Crippen molar-refractivity contribution in [1.29, 1.82) is 0 Å². The van der Waals surface area contributed by atoms with Gasteiger partial charge in [0.15, 0.2) is 0 Å². The third kappa shape index (κ3) is 4.36. The van der Waals surface area contributed by atoms with Gasteiger partial charge in [-0.3, -0.25) is 14.3 Å². The van der Waals surface area contributed by atoms with E-state index in [0.717, 1.165) is 11.4 Å². The summed E-state index contributed by atoms with van der Waals surface area (Å²) >= 11 is 0. The van der Waals surface area contributed by atoms with Gasteiger partial charge in [-0.1, -0.05) is 0 Å². The number of hydrogen-bond donors (Lipinski definition) is 0. The molecule has 6 heteroatoms. The van der Waals surface area contributed by atoms with Gasteiger partial charge in [-0.2, -0.15) is 5.10 Å². The van der Waals surface area contributed by atoms with Crippen LogP contribution in [0.15, 0.2) is 6.07 Å². The minimum atomic E-state index is -0.386. The van der Waals surface area contributed by atoms with Crippen LogP contribution in [-0.4, -0.2) is 45.8 Å². The van der Waals surface area contributed by atoms with Crippen LogP contribution in [0.5, 0.6) is 0 Å². The highest BCUT2D eigenvalue weighted by molar-refractivity contribution is 5.82. The van der Waals surface area contributed by atoms with Gasteiger partial charge >= 0.3 is 5.97 Å². The van der Waals surface area contributed by atoms with Crippen LogP contribution in [0.4, 0.5) is 0 Å². The van der Waals surface area contributed by atoms with Crippen LogP contribution in [-0.2, 0) is 20.9 Å². The second-order valence-electron chi connectivity index (χ2n) is 5.01. The summed E-state index contributed by atoms with van der Waals surface area (Å²) in [7, 11) is 0. The van der Waals surface area contributed by atoms with Crippen molar-refractivity contribution >= 4 is 11.9 Å². The van der Waals surface area contributed by atoms with Gasteiger partial charge in [0.05, 0.1) is 12.3 Å². The van der Waals surface area contributed by atoms with Gasteiger partial charge in [-0.15, -0.1) is 0 Å². The molecular weight excluding hydrogens is 258 g/mol. The van der Waals surface area contributed by atoms with Crippen molar-refractivity contribution in [2.75, 3.05) is 13.2 Å². The van der Waals surface area contributed by atoms with E-state index >= 15 is 0 Å². The van der Waals surface area contributed by atoms with Crippen molar-refractivity contribution in [1.82, 2.24) is 14.7 Å². The van der Waals surface area contributed by atoms with E-state index in [4.69, 9.17) is 4.74 Å². The van der Waals surface area contributed by atoms with Crippen LogP contribution in [0.1, 0.15) is 32.2 Å². The molecule has 0 atom stereocenters. The lowest BCUT2D eigenvalue weighted by molar-refractivity contribution is -0.150. The number of aryl methyl sites for hydroxylation is 2. The molecule has 1 rings (SSSR count). The van der Waals surface area contributed by atoms with Crippen molar-refractivity contribution in [3.05, 3.63) is 17.5 Å². The minimum absolute atomic E-state index is 0.0242. The molecule has 0 aliphatic heterocycles. The zero-order valence-electron chi connectivity index (χ0n) is 12.8. The zero-order chi connectivity index (χ0) is 15.3. The van der Waals surface area contributed by atoms with Crippen LogP contribution < -0.4 is 0 Å². The van der Waals surface area contributed by atoms with Crippen LogP contribution in [0.25, 0.3) is 0 Å². The minimum Gasteiger partial charge on any atom is -0.465 e. The van der Waals surface area contributed by atoms with Gasteiger partial charge in [0, 0.05) is 11.7 Å². The molecule has 20 heavy (non-hydrogen) atoms. The first-order valence-corrected chi connectivity index (χ1v) is 6.81. The van der Waals surface area contributed by atoms with Crippen molar-refractivity contribution < 1.29 is 14.3 Å². The van der Waals surface area contributed by atoms with Gasteiger partial charge in [0.1, 0.15) is 13.1 Å². The zero-order valence-corrected chi connectivity index (χ0v) is 12.8. The Morgan fingerprint density at radius 1 is 1.40 bits per heavy atom. The largest absolute Gasteiger partial charge is 0.465 e. The van der Waals surface area contributed by atoms with Crippen LogP contribution in [0.2, 0.25) is 0 Å². The molecule has 0 unspecified atom stereocenters. The predicted molar refractivity (Wildman–Crippen MR) is 75.2 cm³/mol. The highest BCUT2D eigenvalue weighted by Gasteiger charge is 2.21. The molecule has 6 nitrogen and oxygen atoms in total. The molecule has 1 aromatic rings. The van der Waals surface area contributed by atoms with Crippen molar-refractivity contribution in [2.45, 2.75) is 47.2 Å². The fourth-order valence-corrected chi connectivity index (χ4v) is 1.96. The molecule has 0 aliphatic rings. The van der Waals surface area contributed by atoms with Gasteiger partial charge in [-0.25, -0.2) is 0 Å². The molecule has 0 saturated heterocycles. The first kappa shape index (κ1) is 16.2. The van der Waals surface area contributed by atoms with E-state index in [1.165, 1.54) is 4.90 Å². The molecule has 0 radical (unpaired) electrons. The Balaban J connectivity index is 2.74. The van der Waals surface area contributed by atoms with E-state index < -0.39 is 0 Å². The fraction of sp³-hybridized carbons (Fsp3) is 0.643. The maximum atomic E-state index is 12.3. The summed E-state index contributed by atoms with van der Waals surface area (Å²) in [5, 5.41) is 4.26. The summed E-state index contributed by atoms with van der Waals surface area (Å²) < 4.78 is 6.55. The Hall–Kier alpha value is -1.85. The molecule has 1 aromatic heterocycles. The summed E-state index contributed by atoms with van der Waals surface area (Å²) in [6.07, 6.45) is 0. The summed E-state index contributed by atoms with van der Waals surface area (Å²) in [6.45, 7) is 9.70. The van der Waals surface area contributed by atoms with Gasteiger partial charge in [0.25, 0.3) is 0 Å². The van der Waals surface area contributed by atoms with Gasteiger partial charge in [-0.05, 0) is 40.7 Å². The Labute approximate surface area is 119 Å². The van der Waals surface area contributed by atoms with E-state index in [-0.39, 0.29) is 31.0 Å². The molecular formula is C14H23N3O3. The van der Waals surface area contributed by atoms with E-state index in [2.05, 4.69) is 5.10 Å². The number of amides is 1. The predicted octanol–water partition coefficient (Wildman–Crippen LogP) is 1.30. The Morgan fingerprint density at radius 3 is 2.50 bits per heavy atom. The molecule has 0 N–H and O–H groups in total. The topological polar surface area (TPSA) is 64.4 Å². The van der Waals surface area contributed by atoms with Gasteiger partial charge < -0.3 is 9.64 Å². The first-order chi connectivity index (χ1) is 9.35. The number of rotatable bonds is 6. The summed E-state index contributed by atoms with van der Waals surface area (Å²) in [5.74, 6) is -0.526. The normalized spacial score (nSPS) is 10.7. The third-order valence-electron chi connectivity index (χ3n) is 2.94. The Bertz CT molecular complexity index is 480. The lowest BCUT2D eigenvalue weighted by Gasteiger charge is -2.25. The molecule has 1 amide bonds. The number of hydrogen-bond acceptors (Lipinski definition) is 4. The highest BCUT2D eigenvalue weighted by atomic mass is 16.5. The summed E-state index contributed by atoms with van der Waals surface area (Å²) in [4.78, 5) is 25.4. The number of carbonyl (C=O) groups is 2. The average molecular weight is 281 g/mol. The molecule has 0 bridgehead atoms. The maximum Gasteiger partial charge on any atom is 0.325 e. The quantitative estimate of drug-likeness (QED) is 0.737. The summed E-state index contributed by atoms with van der Waals surface area (Å²) in [6, 6.07) is 1.85. The van der Waals surface area contributed by atoms with Gasteiger partial charge in [0.2, 0.25) is 5.91 Å². The lowest BCUT2D eigenvalue weighted by atomic mass is 10.3. The SMILES string of the molecule is CCOC(=O)CN(C(=O)Cn1nc(C)cc1C)C(C)C. The number of nitrogens with zero attached hydrogens (tertiary/aromatic N) is 3. The smallest absolute Gasteiger partial charge is 0.325 e. The number of ether oxygens (including phenoxy) is 1. The van der Waals surface area contributed by atoms with Crippen LogP contribution in [0, 0.1) is 13.8 Å².